The van der Waals surface area contributed by atoms with Crippen molar-refractivity contribution in [2.75, 3.05) is 5.73 Å². The molecule has 0 aliphatic heterocycles. The first-order chi connectivity index (χ1) is 8.13. The Kier molecular flexibility index (Phi) is 3.24. The summed E-state index contributed by atoms with van der Waals surface area (Å²) in [4.78, 5) is 24.8. The van der Waals surface area contributed by atoms with Crippen LogP contribution in [0.1, 0.15) is 5.69 Å². The van der Waals surface area contributed by atoms with Gasteiger partial charge < -0.3 is 16.0 Å². The molecule has 7 nitrogen and oxygen atoms in total. The average Bonchev–Trinajstić information content (AvgIpc) is 2.85. The van der Waals surface area contributed by atoms with Crippen LogP contribution in [0.5, 0.6) is 0 Å². The van der Waals surface area contributed by atoms with E-state index in [4.69, 9.17) is 5.73 Å². The number of amides is 1. The molecule has 0 fully saturated rings. The molecule has 0 aliphatic rings. The van der Waals surface area contributed by atoms with Gasteiger partial charge in [-0.05, 0) is 0 Å². The van der Waals surface area contributed by atoms with Gasteiger partial charge >= 0.3 is 4.87 Å². The fraction of sp³-hybridized carbons (Fsp3) is 0.222. The highest BCUT2D eigenvalue weighted by Gasteiger charge is 2.04. The number of carbonyl (C=O) groups excluding carboxylic acids is 1. The summed E-state index contributed by atoms with van der Waals surface area (Å²) < 4.78 is 1.45. The molecule has 2 aromatic rings. The molecule has 2 rings (SSSR count). The minimum atomic E-state index is -0.194. The van der Waals surface area contributed by atoms with Crippen LogP contribution < -0.4 is 15.9 Å². The van der Waals surface area contributed by atoms with Gasteiger partial charge in [0.05, 0.1) is 18.4 Å². The van der Waals surface area contributed by atoms with Gasteiger partial charge in [-0.25, -0.2) is 0 Å². The molecule has 0 saturated heterocycles. The van der Waals surface area contributed by atoms with E-state index in [1.165, 1.54) is 10.9 Å². The van der Waals surface area contributed by atoms with Gasteiger partial charge in [0.1, 0.15) is 6.54 Å². The Balaban J connectivity index is 1.83. The van der Waals surface area contributed by atoms with Gasteiger partial charge in [-0.3, -0.25) is 14.3 Å². The van der Waals surface area contributed by atoms with Gasteiger partial charge in [-0.1, -0.05) is 11.3 Å². The summed E-state index contributed by atoms with van der Waals surface area (Å²) in [7, 11) is 0. The minimum Gasteiger partial charge on any atom is -0.396 e. The molecule has 1 amide bonds. The van der Waals surface area contributed by atoms with E-state index in [0.717, 1.165) is 11.3 Å². The number of thiazole rings is 1. The second-order valence-corrected chi connectivity index (χ2v) is 4.26. The number of anilines is 1. The third-order valence-corrected chi connectivity index (χ3v) is 2.72. The zero-order chi connectivity index (χ0) is 12.3. The number of carbonyl (C=O) groups is 1. The van der Waals surface area contributed by atoms with Crippen molar-refractivity contribution in [2.45, 2.75) is 13.1 Å². The van der Waals surface area contributed by atoms with Crippen LogP contribution in [0.3, 0.4) is 0 Å². The Labute approximate surface area is 100 Å². The van der Waals surface area contributed by atoms with E-state index in [2.05, 4.69) is 15.4 Å². The smallest absolute Gasteiger partial charge is 0.304 e. The molecule has 8 heteroatoms. The van der Waals surface area contributed by atoms with Gasteiger partial charge in [0.2, 0.25) is 5.91 Å². The van der Waals surface area contributed by atoms with Crippen LogP contribution in [0.4, 0.5) is 5.69 Å². The monoisotopic (exact) mass is 253 g/mol. The summed E-state index contributed by atoms with van der Waals surface area (Å²) in [5.74, 6) is -0.194. The molecule has 0 atom stereocenters. The van der Waals surface area contributed by atoms with Crippen LogP contribution in [0, 0.1) is 0 Å². The fourth-order valence-corrected chi connectivity index (χ4v) is 1.84. The van der Waals surface area contributed by atoms with E-state index in [1.807, 2.05) is 0 Å². The topological polar surface area (TPSA) is 106 Å². The van der Waals surface area contributed by atoms with Gasteiger partial charge in [0, 0.05) is 17.3 Å². The first kappa shape index (κ1) is 11.4. The summed E-state index contributed by atoms with van der Waals surface area (Å²) in [6.07, 6.45) is 3.05. The Hall–Kier alpha value is -2.09. The second-order valence-electron chi connectivity index (χ2n) is 3.42. The van der Waals surface area contributed by atoms with Gasteiger partial charge in [0.25, 0.3) is 0 Å². The number of hydrogen-bond acceptors (Lipinski definition) is 5. The molecule has 0 bridgehead atoms. The summed E-state index contributed by atoms with van der Waals surface area (Å²) in [6.45, 7) is 0.403. The molecule has 0 radical (unpaired) electrons. The number of nitrogens with zero attached hydrogens (tertiary/aromatic N) is 2. The van der Waals surface area contributed by atoms with E-state index in [-0.39, 0.29) is 17.3 Å². The molecule has 4 N–H and O–H groups in total. The highest BCUT2D eigenvalue weighted by molar-refractivity contribution is 7.07. The van der Waals surface area contributed by atoms with Crippen molar-refractivity contribution < 1.29 is 4.79 Å². The first-order valence-corrected chi connectivity index (χ1v) is 5.73. The molecule has 2 aromatic heterocycles. The normalized spacial score (nSPS) is 10.4. The minimum absolute atomic E-state index is 0.103. The molecule has 0 aromatic carbocycles. The Morgan fingerprint density at radius 1 is 1.65 bits per heavy atom. The number of H-pyrrole nitrogens is 1. The van der Waals surface area contributed by atoms with Crippen LogP contribution in [0.25, 0.3) is 0 Å². The Bertz CT molecular complexity index is 570. The van der Waals surface area contributed by atoms with E-state index in [0.29, 0.717) is 17.9 Å². The molecule has 0 aliphatic carbocycles. The first-order valence-electron chi connectivity index (χ1n) is 4.85. The van der Waals surface area contributed by atoms with E-state index in [9.17, 15) is 9.59 Å². The lowest BCUT2D eigenvalue weighted by atomic mass is 10.4. The summed E-state index contributed by atoms with van der Waals surface area (Å²) in [6, 6.07) is 0. The highest BCUT2D eigenvalue weighted by Crippen LogP contribution is 1.98. The maximum Gasteiger partial charge on any atom is 0.304 e. The van der Waals surface area contributed by atoms with E-state index in [1.54, 1.807) is 11.6 Å². The summed E-state index contributed by atoms with van der Waals surface area (Å²) >= 11 is 1.07. The number of hydrogen-bond donors (Lipinski definition) is 3. The molecule has 2 heterocycles. The molecular weight excluding hydrogens is 242 g/mol. The molecule has 17 heavy (non-hydrogen) atoms. The van der Waals surface area contributed by atoms with Crippen molar-refractivity contribution in [3.05, 3.63) is 33.1 Å². The Morgan fingerprint density at radius 3 is 3.06 bits per heavy atom. The van der Waals surface area contributed by atoms with Crippen LogP contribution >= 0.6 is 11.3 Å². The van der Waals surface area contributed by atoms with Crippen LogP contribution in [0.2, 0.25) is 0 Å². The zero-order valence-electron chi connectivity index (χ0n) is 8.84. The van der Waals surface area contributed by atoms with Gasteiger partial charge in [0.15, 0.2) is 0 Å². The van der Waals surface area contributed by atoms with Crippen molar-refractivity contribution in [3.63, 3.8) is 0 Å². The van der Waals surface area contributed by atoms with Crippen molar-refractivity contribution in [1.82, 2.24) is 20.1 Å². The van der Waals surface area contributed by atoms with E-state index >= 15 is 0 Å². The standard InChI is InChI=1S/C9H11N5O2S/c10-6-1-12-14(3-6)4-8(15)11-2-7-5-17-9(16)13-7/h1,3,5H,2,4,10H2,(H,11,15)(H,13,16). The van der Waals surface area contributed by atoms with Crippen LogP contribution in [-0.4, -0.2) is 20.7 Å². The van der Waals surface area contributed by atoms with Crippen LogP contribution in [0.15, 0.2) is 22.6 Å². The number of nitrogen functional groups attached to an aromatic ring is 1. The lowest BCUT2D eigenvalue weighted by molar-refractivity contribution is -0.122. The third kappa shape index (κ3) is 3.18. The maximum absolute atomic E-state index is 11.5. The molecule has 0 saturated carbocycles. The molecule has 90 valence electrons. The highest BCUT2D eigenvalue weighted by atomic mass is 32.1. The quantitative estimate of drug-likeness (QED) is 0.685. The lowest BCUT2D eigenvalue weighted by Gasteiger charge is -2.03. The summed E-state index contributed by atoms with van der Waals surface area (Å²) in [5, 5.41) is 8.23. The zero-order valence-corrected chi connectivity index (χ0v) is 9.66. The number of aromatic amines is 1. The molecular formula is C9H11N5O2S. The number of aromatic nitrogens is 3. The van der Waals surface area contributed by atoms with Gasteiger partial charge in [-0.15, -0.1) is 0 Å². The van der Waals surface area contributed by atoms with Crippen molar-refractivity contribution in [1.29, 1.82) is 0 Å². The maximum atomic E-state index is 11.5. The van der Waals surface area contributed by atoms with Crippen molar-refractivity contribution in [3.8, 4) is 0 Å². The lowest BCUT2D eigenvalue weighted by Crippen LogP contribution is -2.27. The second kappa shape index (κ2) is 4.83. The van der Waals surface area contributed by atoms with Gasteiger partial charge in [-0.2, -0.15) is 5.10 Å². The van der Waals surface area contributed by atoms with Crippen LogP contribution in [-0.2, 0) is 17.9 Å². The average molecular weight is 253 g/mol. The molecule has 0 spiro atoms. The van der Waals surface area contributed by atoms with E-state index < -0.39 is 0 Å². The predicted octanol–water partition coefficient (Wildman–Crippen LogP) is -0.469. The fourth-order valence-electron chi connectivity index (χ4n) is 1.26. The number of nitrogens with two attached hydrogens (primary N) is 1. The molecule has 0 unspecified atom stereocenters. The van der Waals surface area contributed by atoms with Crippen molar-refractivity contribution in [2.24, 2.45) is 0 Å². The SMILES string of the molecule is Nc1cnn(CC(=O)NCc2csc(=O)[nH]2)c1. The summed E-state index contributed by atoms with van der Waals surface area (Å²) in [5.41, 5.74) is 6.67. The Morgan fingerprint density at radius 2 is 2.47 bits per heavy atom. The van der Waals surface area contributed by atoms with Crippen molar-refractivity contribution >= 4 is 22.9 Å². The predicted molar refractivity (Wildman–Crippen MR) is 63.4 cm³/mol. The largest absolute Gasteiger partial charge is 0.396 e. The number of nitrogens with one attached hydrogen (secondary N) is 2. The number of rotatable bonds is 4. The third-order valence-electron chi connectivity index (χ3n) is 2.01.